The van der Waals surface area contributed by atoms with E-state index in [4.69, 9.17) is 0 Å². The highest BCUT2D eigenvalue weighted by Crippen LogP contribution is 2.18. The molecule has 0 unspecified atom stereocenters. The number of ether oxygens (including phenoxy) is 2. The molecule has 4 atom stereocenters. The van der Waals surface area contributed by atoms with Crippen molar-refractivity contribution >= 4 is 23.8 Å². The third-order valence-electron chi connectivity index (χ3n) is 7.40. The van der Waals surface area contributed by atoms with Crippen molar-refractivity contribution in [2.45, 2.75) is 51.0 Å². The Balaban J connectivity index is 1.80. The van der Waals surface area contributed by atoms with E-state index in [2.05, 4.69) is 35.8 Å². The zero-order chi connectivity index (χ0) is 34.2. The Hall–Kier alpha value is -4.69. The number of benzene rings is 2. The summed E-state index contributed by atoms with van der Waals surface area (Å²) < 4.78 is 9.29. The summed E-state index contributed by atoms with van der Waals surface area (Å²) in [6.07, 6.45) is 0.880. The van der Waals surface area contributed by atoms with Crippen molar-refractivity contribution in [2.24, 2.45) is 0 Å². The summed E-state index contributed by atoms with van der Waals surface area (Å²) >= 11 is 0. The van der Waals surface area contributed by atoms with Crippen LogP contribution < -0.4 is 21.4 Å². The molecule has 13 heteroatoms. The van der Waals surface area contributed by atoms with Gasteiger partial charge in [-0.3, -0.25) is 40.2 Å². The lowest BCUT2D eigenvalue weighted by atomic mass is 10.00. The molecule has 3 rings (SSSR count). The number of carbonyl (C=O) groups excluding carboxylic acids is 4. The van der Waals surface area contributed by atoms with E-state index in [0.29, 0.717) is 6.42 Å². The van der Waals surface area contributed by atoms with Gasteiger partial charge in [0.1, 0.15) is 0 Å². The topological polar surface area (TPSA) is 171 Å². The molecule has 5 N–H and O–H groups in total. The van der Waals surface area contributed by atoms with Gasteiger partial charge in [0.2, 0.25) is 5.91 Å². The van der Waals surface area contributed by atoms with E-state index in [1.54, 1.807) is 25.1 Å². The molecule has 2 amide bonds. The van der Waals surface area contributed by atoms with Crippen LogP contribution in [0.2, 0.25) is 0 Å². The van der Waals surface area contributed by atoms with Crippen LogP contribution in [0.15, 0.2) is 79.0 Å². The van der Waals surface area contributed by atoms with Gasteiger partial charge in [-0.25, -0.2) is 5.01 Å². The van der Waals surface area contributed by atoms with Gasteiger partial charge in [0.05, 0.1) is 57.2 Å². The second kappa shape index (κ2) is 19.1. The molecule has 0 spiro atoms. The van der Waals surface area contributed by atoms with Gasteiger partial charge in [-0.2, -0.15) is 0 Å². The Morgan fingerprint density at radius 3 is 1.96 bits per heavy atom. The summed E-state index contributed by atoms with van der Waals surface area (Å²) in [7, 11) is 2.52. The number of amides is 2. The predicted molar refractivity (Wildman–Crippen MR) is 175 cm³/mol. The van der Waals surface area contributed by atoms with Crippen molar-refractivity contribution in [3.63, 3.8) is 0 Å². The van der Waals surface area contributed by atoms with Crippen LogP contribution in [0.5, 0.6) is 0 Å². The van der Waals surface area contributed by atoms with Crippen LogP contribution >= 0.6 is 0 Å². The number of hydrazine groups is 1. The third kappa shape index (κ3) is 12.6. The Morgan fingerprint density at radius 1 is 0.787 bits per heavy atom. The lowest BCUT2D eigenvalue weighted by Crippen LogP contribution is -2.57. The first-order valence-corrected chi connectivity index (χ1v) is 15.3. The summed E-state index contributed by atoms with van der Waals surface area (Å²) in [6.45, 7) is 3.06. The molecule has 0 bridgehead atoms. The fraction of sp³-hybridized carbons (Fsp3) is 0.382. The highest BCUT2D eigenvalue weighted by atomic mass is 16.5. The number of hydrogen-bond donors (Lipinski definition) is 5. The second-order valence-corrected chi connectivity index (χ2v) is 11.0. The fourth-order valence-corrected chi connectivity index (χ4v) is 4.55. The van der Waals surface area contributed by atoms with Crippen molar-refractivity contribution in [1.82, 2.24) is 31.4 Å². The molecular weight excluding hydrogens is 604 g/mol. The van der Waals surface area contributed by atoms with Gasteiger partial charge in [-0.1, -0.05) is 60.7 Å². The zero-order valence-corrected chi connectivity index (χ0v) is 27.1. The van der Waals surface area contributed by atoms with Crippen molar-refractivity contribution in [2.75, 3.05) is 33.9 Å². The average molecular weight is 649 g/mol. The maximum atomic E-state index is 13.2. The smallest absolute Gasteiger partial charge is 0.319 e. The Kier molecular flexibility index (Phi) is 14.9. The minimum absolute atomic E-state index is 0.0563. The summed E-state index contributed by atoms with van der Waals surface area (Å²) in [4.78, 5) is 53.9. The molecule has 0 saturated heterocycles. The normalized spacial score (nSPS) is 13.6. The zero-order valence-electron chi connectivity index (χ0n) is 27.1. The summed E-state index contributed by atoms with van der Waals surface area (Å²) in [6, 6.07) is 20.4. The number of nitrogens with one attached hydrogen (secondary N) is 4. The minimum atomic E-state index is -1.14. The van der Waals surface area contributed by atoms with Gasteiger partial charge in [-0.05, 0) is 43.5 Å². The first-order valence-electron chi connectivity index (χ1n) is 15.3. The van der Waals surface area contributed by atoms with Gasteiger partial charge in [0.15, 0.2) is 0 Å². The molecule has 47 heavy (non-hydrogen) atoms. The lowest BCUT2D eigenvalue weighted by molar-refractivity contribution is -0.141. The van der Waals surface area contributed by atoms with Crippen molar-refractivity contribution in [3.05, 3.63) is 90.1 Å². The second-order valence-electron chi connectivity index (χ2n) is 11.0. The molecule has 2 aromatic carbocycles. The number of carbonyl (C=O) groups is 4. The first-order chi connectivity index (χ1) is 22.6. The summed E-state index contributed by atoms with van der Waals surface area (Å²) in [5, 5.41) is 21.7. The number of nitrogens with zero attached hydrogens (tertiary/aromatic N) is 2. The van der Waals surface area contributed by atoms with E-state index < -0.39 is 48.0 Å². The SMILES string of the molecule is COC(=O)CN[C@H](C)C(=O)N[C@@H](Cc1ccccc1)[C@@H](O)CN(Cc1ccc(-c2ccccn2)cc1)NC(=O)[C@@H](C)NCC(=O)OC. The molecule has 0 fully saturated rings. The molecular formula is C34H44N6O7. The van der Waals surface area contributed by atoms with E-state index >= 15 is 0 Å². The Labute approximate surface area is 275 Å². The van der Waals surface area contributed by atoms with Crippen LogP contribution in [0.25, 0.3) is 11.3 Å². The average Bonchev–Trinajstić information content (AvgIpc) is 3.09. The van der Waals surface area contributed by atoms with Crippen molar-refractivity contribution in [1.29, 1.82) is 0 Å². The van der Waals surface area contributed by atoms with Crippen LogP contribution in [0.4, 0.5) is 0 Å². The van der Waals surface area contributed by atoms with Crippen molar-refractivity contribution in [3.8, 4) is 11.3 Å². The number of methoxy groups -OCH3 is 2. The molecule has 1 aromatic heterocycles. The molecule has 13 nitrogen and oxygen atoms in total. The van der Waals surface area contributed by atoms with Gasteiger partial charge in [0.25, 0.3) is 5.91 Å². The monoisotopic (exact) mass is 648 g/mol. The maximum absolute atomic E-state index is 13.2. The third-order valence-corrected chi connectivity index (χ3v) is 7.40. The number of aromatic nitrogens is 1. The van der Waals surface area contributed by atoms with Gasteiger partial charge >= 0.3 is 11.9 Å². The number of aliphatic hydroxyl groups is 1. The molecule has 0 saturated carbocycles. The molecule has 0 aliphatic heterocycles. The van der Waals surface area contributed by atoms with E-state index in [1.807, 2.05) is 72.8 Å². The molecule has 0 aliphatic carbocycles. The van der Waals surface area contributed by atoms with Gasteiger partial charge in [-0.15, -0.1) is 0 Å². The van der Waals surface area contributed by atoms with E-state index in [0.717, 1.165) is 22.4 Å². The number of esters is 2. The largest absolute Gasteiger partial charge is 0.468 e. The number of pyridine rings is 1. The highest BCUT2D eigenvalue weighted by molar-refractivity contribution is 5.83. The van der Waals surface area contributed by atoms with Gasteiger partial charge in [0, 0.05) is 24.8 Å². The predicted octanol–water partition coefficient (Wildman–Crippen LogP) is 0.972. The van der Waals surface area contributed by atoms with Crippen LogP contribution in [-0.2, 0) is 41.6 Å². The quantitative estimate of drug-likeness (QED) is 0.0984. The summed E-state index contributed by atoms with van der Waals surface area (Å²) in [5.74, 6) is -1.88. The minimum Gasteiger partial charge on any atom is -0.468 e. The van der Waals surface area contributed by atoms with Crippen molar-refractivity contribution < 1.29 is 33.8 Å². The van der Waals surface area contributed by atoms with E-state index in [-0.39, 0.29) is 26.2 Å². The molecule has 252 valence electrons. The molecule has 0 aliphatic rings. The van der Waals surface area contributed by atoms with Crippen LogP contribution in [-0.4, -0.2) is 96.9 Å². The van der Waals surface area contributed by atoms with Crippen LogP contribution in [0.3, 0.4) is 0 Å². The molecule has 3 aromatic rings. The number of rotatable bonds is 18. The maximum Gasteiger partial charge on any atom is 0.319 e. The van der Waals surface area contributed by atoms with Gasteiger partial charge < -0.3 is 19.9 Å². The fourth-order valence-electron chi connectivity index (χ4n) is 4.55. The van der Waals surface area contributed by atoms with Crippen LogP contribution in [0.1, 0.15) is 25.0 Å². The molecule has 1 heterocycles. The number of aliphatic hydroxyl groups excluding tert-OH is 1. The van der Waals surface area contributed by atoms with E-state index in [1.165, 1.54) is 14.2 Å². The van der Waals surface area contributed by atoms with E-state index in [9.17, 15) is 24.3 Å². The lowest BCUT2D eigenvalue weighted by Gasteiger charge is -2.32. The number of hydrogen-bond acceptors (Lipinski definition) is 11. The van der Waals surface area contributed by atoms with Crippen LogP contribution in [0, 0.1) is 0 Å². The molecule has 0 radical (unpaired) electrons. The highest BCUT2D eigenvalue weighted by Gasteiger charge is 2.28. The summed E-state index contributed by atoms with van der Waals surface area (Å²) in [5.41, 5.74) is 6.32. The standard InChI is InChI=1S/C34H44N6O7/c1-23(36-19-31(42)46-3)33(44)38-29(18-25-10-6-5-7-11-25)30(41)22-40(39-34(45)24(2)37-20-32(43)47-4)21-26-13-15-27(16-14-26)28-12-8-9-17-35-28/h5-17,23-24,29-30,36-37,41H,18-22H2,1-4H3,(H,38,44)(H,39,45)/t23-,24-,29+,30+/m1/s1. The Morgan fingerprint density at radius 2 is 1.38 bits per heavy atom. The Bertz CT molecular complexity index is 1430. The first kappa shape index (κ1) is 36.8.